The summed E-state index contributed by atoms with van der Waals surface area (Å²) in [4.78, 5) is 18.3. The molecule has 0 radical (unpaired) electrons. The van der Waals surface area contributed by atoms with Crippen molar-refractivity contribution in [3.05, 3.63) is 59.9 Å². The van der Waals surface area contributed by atoms with Crippen molar-refractivity contribution in [3.8, 4) is 0 Å². The van der Waals surface area contributed by atoms with Gasteiger partial charge in [-0.2, -0.15) is 5.10 Å². The van der Waals surface area contributed by atoms with Crippen molar-refractivity contribution in [2.45, 2.75) is 25.7 Å². The summed E-state index contributed by atoms with van der Waals surface area (Å²) in [6.07, 6.45) is 8.42. The van der Waals surface area contributed by atoms with E-state index < -0.39 is 0 Å². The van der Waals surface area contributed by atoms with Gasteiger partial charge >= 0.3 is 0 Å². The summed E-state index contributed by atoms with van der Waals surface area (Å²) >= 11 is 0. The van der Waals surface area contributed by atoms with Crippen LogP contribution in [0.5, 0.6) is 0 Å². The van der Waals surface area contributed by atoms with Gasteiger partial charge in [0.15, 0.2) is 0 Å². The van der Waals surface area contributed by atoms with E-state index in [1.54, 1.807) is 30.6 Å². The fraction of sp³-hybridized carbons (Fsp3) is 0.316. The van der Waals surface area contributed by atoms with E-state index in [0.717, 1.165) is 18.7 Å². The molecule has 0 saturated carbocycles. The van der Waals surface area contributed by atoms with Crippen molar-refractivity contribution in [1.29, 1.82) is 0 Å². The molecule has 0 spiro atoms. The molecule has 5 heteroatoms. The van der Waals surface area contributed by atoms with Gasteiger partial charge in [0, 0.05) is 25.0 Å². The third kappa shape index (κ3) is 4.41. The molecule has 1 aliphatic rings. The summed E-state index contributed by atoms with van der Waals surface area (Å²) in [5.41, 5.74) is 5.05. The third-order valence-corrected chi connectivity index (χ3v) is 4.14. The molecule has 1 N–H and O–H groups in total. The fourth-order valence-electron chi connectivity index (χ4n) is 2.82. The Hall–Kier alpha value is -2.69. The molecular formula is C19H22N4O. The molecular weight excluding hydrogens is 300 g/mol. The number of carbonyl (C=O) groups is 1. The van der Waals surface area contributed by atoms with E-state index in [-0.39, 0.29) is 5.91 Å². The number of anilines is 1. The number of pyridine rings is 1. The normalized spacial score (nSPS) is 15.2. The molecule has 124 valence electrons. The monoisotopic (exact) mass is 322 g/mol. The molecule has 0 atom stereocenters. The standard InChI is InChI=1S/C19H22N4O/c24-19(18-7-3-4-12-20-18)22-21-15-16-8-10-17(11-9-16)23-13-5-1-2-6-14-23/h3-4,7-12,15H,1-2,5-6,13-14H2,(H,22,24)/b21-15-. The van der Waals surface area contributed by atoms with Crippen LogP contribution in [0, 0.1) is 0 Å². The molecule has 1 amide bonds. The zero-order chi connectivity index (χ0) is 16.6. The Morgan fingerprint density at radius 2 is 1.79 bits per heavy atom. The van der Waals surface area contributed by atoms with E-state index in [4.69, 9.17) is 0 Å². The maximum Gasteiger partial charge on any atom is 0.289 e. The van der Waals surface area contributed by atoms with Crippen LogP contribution in [0.2, 0.25) is 0 Å². The Morgan fingerprint density at radius 1 is 1.04 bits per heavy atom. The molecule has 1 saturated heterocycles. The number of aromatic nitrogens is 1. The Balaban J connectivity index is 1.56. The molecule has 1 aromatic carbocycles. The van der Waals surface area contributed by atoms with E-state index in [9.17, 15) is 4.79 Å². The third-order valence-electron chi connectivity index (χ3n) is 4.14. The fourth-order valence-corrected chi connectivity index (χ4v) is 2.82. The zero-order valence-corrected chi connectivity index (χ0v) is 13.7. The molecule has 1 fully saturated rings. The molecule has 5 nitrogen and oxygen atoms in total. The van der Waals surface area contributed by atoms with Gasteiger partial charge < -0.3 is 4.90 Å². The number of hydrogen-bond acceptors (Lipinski definition) is 4. The first-order valence-electron chi connectivity index (χ1n) is 8.42. The highest BCUT2D eigenvalue weighted by Crippen LogP contribution is 2.19. The largest absolute Gasteiger partial charge is 0.372 e. The summed E-state index contributed by atoms with van der Waals surface area (Å²) < 4.78 is 0. The average molecular weight is 322 g/mol. The van der Waals surface area contributed by atoms with Gasteiger partial charge in [0.05, 0.1) is 6.21 Å². The van der Waals surface area contributed by atoms with Crippen LogP contribution in [0.3, 0.4) is 0 Å². The number of nitrogens with zero attached hydrogens (tertiary/aromatic N) is 3. The smallest absolute Gasteiger partial charge is 0.289 e. The summed E-state index contributed by atoms with van der Waals surface area (Å²) in [7, 11) is 0. The lowest BCUT2D eigenvalue weighted by Crippen LogP contribution is -2.23. The second-order valence-electron chi connectivity index (χ2n) is 5.91. The van der Waals surface area contributed by atoms with Gasteiger partial charge in [-0.15, -0.1) is 0 Å². The number of rotatable bonds is 4. The van der Waals surface area contributed by atoms with Gasteiger partial charge in [-0.05, 0) is 42.7 Å². The Morgan fingerprint density at radius 3 is 2.46 bits per heavy atom. The maximum atomic E-state index is 11.8. The second-order valence-corrected chi connectivity index (χ2v) is 5.91. The van der Waals surface area contributed by atoms with Crippen molar-refractivity contribution in [2.75, 3.05) is 18.0 Å². The molecule has 1 aliphatic heterocycles. The molecule has 0 aliphatic carbocycles. The van der Waals surface area contributed by atoms with Crippen LogP contribution in [0.1, 0.15) is 41.7 Å². The van der Waals surface area contributed by atoms with Crippen molar-refractivity contribution in [3.63, 3.8) is 0 Å². The van der Waals surface area contributed by atoms with Gasteiger partial charge in [0.25, 0.3) is 5.91 Å². The van der Waals surface area contributed by atoms with Crippen LogP contribution in [-0.2, 0) is 0 Å². The van der Waals surface area contributed by atoms with Crippen LogP contribution < -0.4 is 10.3 Å². The van der Waals surface area contributed by atoms with E-state index in [1.807, 2.05) is 12.1 Å². The summed E-state index contributed by atoms with van der Waals surface area (Å²) in [5, 5.41) is 4.00. The lowest BCUT2D eigenvalue weighted by atomic mass is 10.2. The lowest BCUT2D eigenvalue weighted by molar-refractivity contribution is 0.0950. The zero-order valence-electron chi connectivity index (χ0n) is 13.7. The minimum atomic E-state index is -0.312. The quantitative estimate of drug-likeness (QED) is 0.694. The van der Waals surface area contributed by atoms with E-state index in [1.165, 1.54) is 31.4 Å². The van der Waals surface area contributed by atoms with E-state index in [0.29, 0.717) is 5.69 Å². The topological polar surface area (TPSA) is 57.6 Å². The van der Waals surface area contributed by atoms with E-state index >= 15 is 0 Å². The minimum absolute atomic E-state index is 0.312. The first-order chi connectivity index (χ1) is 11.8. The predicted octanol–water partition coefficient (Wildman–Crippen LogP) is 3.23. The number of nitrogens with one attached hydrogen (secondary N) is 1. The first-order valence-corrected chi connectivity index (χ1v) is 8.42. The van der Waals surface area contributed by atoms with Crippen LogP contribution >= 0.6 is 0 Å². The number of hydrogen-bond donors (Lipinski definition) is 1. The van der Waals surface area contributed by atoms with Gasteiger partial charge in [0.2, 0.25) is 0 Å². The van der Waals surface area contributed by atoms with Crippen molar-refractivity contribution in [2.24, 2.45) is 5.10 Å². The molecule has 24 heavy (non-hydrogen) atoms. The number of benzene rings is 1. The van der Waals surface area contributed by atoms with Gasteiger partial charge in [-0.3, -0.25) is 9.78 Å². The molecule has 2 aromatic rings. The highest BCUT2D eigenvalue weighted by molar-refractivity contribution is 5.93. The van der Waals surface area contributed by atoms with Crippen molar-refractivity contribution >= 4 is 17.8 Å². The highest BCUT2D eigenvalue weighted by atomic mass is 16.2. The summed E-state index contributed by atoms with van der Waals surface area (Å²) in [6.45, 7) is 2.27. The molecule has 2 heterocycles. The lowest BCUT2D eigenvalue weighted by Gasteiger charge is -2.22. The van der Waals surface area contributed by atoms with Gasteiger partial charge in [-0.25, -0.2) is 5.43 Å². The molecule has 3 rings (SSSR count). The van der Waals surface area contributed by atoms with Crippen molar-refractivity contribution < 1.29 is 4.79 Å². The predicted molar refractivity (Wildman–Crippen MR) is 96.4 cm³/mol. The number of carbonyl (C=O) groups excluding carboxylic acids is 1. The second kappa shape index (κ2) is 8.24. The maximum absolute atomic E-state index is 11.8. The summed E-state index contributed by atoms with van der Waals surface area (Å²) in [5.74, 6) is -0.312. The number of amides is 1. The molecule has 1 aromatic heterocycles. The van der Waals surface area contributed by atoms with Crippen LogP contribution in [0.4, 0.5) is 5.69 Å². The minimum Gasteiger partial charge on any atom is -0.372 e. The Bertz CT molecular complexity index is 674. The van der Waals surface area contributed by atoms with Crippen LogP contribution in [-0.4, -0.2) is 30.2 Å². The average Bonchev–Trinajstić information content (AvgIpc) is 2.92. The molecule has 0 unspecified atom stereocenters. The van der Waals surface area contributed by atoms with Crippen molar-refractivity contribution in [1.82, 2.24) is 10.4 Å². The number of hydrazone groups is 1. The summed E-state index contributed by atoms with van der Waals surface area (Å²) in [6, 6.07) is 13.5. The molecule has 0 bridgehead atoms. The van der Waals surface area contributed by atoms with E-state index in [2.05, 4.69) is 32.5 Å². The Labute approximate surface area is 142 Å². The van der Waals surface area contributed by atoms with Gasteiger partial charge in [-0.1, -0.05) is 31.0 Å². The first kappa shape index (κ1) is 16.2. The SMILES string of the molecule is O=C(N/N=C\c1ccc(N2CCCCCC2)cc1)c1ccccn1. The highest BCUT2D eigenvalue weighted by Gasteiger charge is 2.09. The Kier molecular flexibility index (Phi) is 5.56. The van der Waals surface area contributed by atoms with Crippen LogP contribution in [0.15, 0.2) is 53.8 Å². The van der Waals surface area contributed by atoms with Crippen LogP contribution in [0.25, 0.3) is 0 Å². The van der Waals surface area contributed by atoms with Gasteiger partial charge in [0.1, 0.15) is 5.69 Å².